The molecule has 1 aliphatic heterocycles. The average Bonchev–Trinajstić information content (AvgIpc) is 3.16. The van der Waals surface area contributed by atoms with E-state index in [-0.39, 0.29) is 18.3 Å². The van der Waals surface area contributed by atoms with Crippen molar-refractivity contribution >= 4 is 40.8 Å². The fourth-order valence-corrected chi connectivity index (χ4v) is 4.26. The topological polar surface area (TPSA) is 71.3 Å². The van der Waals surface area contributed by atoms with Gasteiger partial charge in [-0.2, -0.15) is 0 Å². The van der Waals surface area contributed by atoms with Crippen LogP contribution in [0.4, 0.5) is 0 Å². The summed E-state index contributed by atoms with van der Waals surface area (Å²) in [6.07, 6.45) is 0. The normalized spacial score (nSPS) is 14.5. The third kappa shape index (κ3) is 3.22. The Labute approximate surface area is 162 Å². The van der Waals surface area contributed by atoms with E-state index in [1.54, 1.807) is 11.3 Å². The smallest absolute Gasteiger partial charge is 0.259 e. The van der Waals surface area contributed by atoms with Gasteiger partial charge in [-0.1, -0.05) is 5.16 Å². The number of thiophene rings is 1. The number of pyridine rings is 1. The van der Waals surface area contributed by atoms with Crippen LogP contribution in [0.5, 0.6) is 0 Å². The van der Waals surface area contributed by atoms with Crippen LogP contribution in [0.1, 0.15) is 25.8 Å². The number of fused-ring (bicyclic) bond motifs is 1. The number of aryl methyl sites for hydroxylation is 3. The highest BCUT2D eigenvalue weighted by molar-refractivity contribution is 7.12. The van der Waals surface area contributed by atoms with E-state index in [9.17, 15) is 4.79 Å². The standard InChI is InChI=1S/C18H20N4O2S.ClH/c1-10-8-13(12(3)25-10)15-9-14(16-11(2)21-24-17(16)20-15)18(23)22-6-4-19-5-7-22;/h8-9,19H,4-7H2,1-3H3;1H. The number of piperazine rings is 1. The van der Waals surface area contributed by atoms with Crippen LogP contribution in [-0.2, 0) is 0 Å². The number of hydrogen-bond donors (Lipinski definition) is 1. The number of amides is 1. The van der Waals surface area contributed by atoms with E-state index in [2.05, 4.69) is 35.4 Å². The summed E-state index contributed by atoms with van der Waals surface area (Å²) >= 11 is 1.73. The number of halogens is 1. The maximum Gasteiger partial charge on any atom is 0.259 e. The maximum atomic E-state index is 13.1. The Morgan fingerprint density at radius 2 is 1.96 bits per heavy atom. The third-order valence-electron chi connectivity index (χ3n) is 4.57. The minimum Gasteiger partial charge on any atom is -0.336 e. The minimum absolute atomic E-state index is 0. The number of nitrogens with zero attached hydrogens (tertiary/aromatic N) is 3. The second-order valence-corrected chi connectivity index (χ2v) is 7.83. The third-order valence-corrected chi connectivity index (χ3v) is 5.53. The van der Waals surface area contributed by atoms with Gasteiger partial charge >= 0.3 is 0 Å². The molecule has 138 valence electrons. The molecule has 26 heavy (non-hydrogen) atoms. The summed E-state index contributed by atoms with van der Waals surface area (Å²) in [5, 5.41) is 8.02. The molecular formula is C18H21ClN4O2S. The van der Waals surface area contributed by atoms with Crippen LogP contribution in [-0.4, -0.2) is 47.1 Å². The predicted octanol–water partition coefficient (Wildman–Crippen LogP) is 3.34. The Morgan fingerprint density at radius 1 is 1.23 bits per heavy atom. The molecule has 0 bridgehead atoms. The van der Waals surface area contributed by atoms with Crippen molar-refractivity contribution in [2.45, 2.75) is 20.8 Å². The fourth-order valence-electron chi connectivity index (χ4n) is 3.32. The van der Waals surface area contributed by atoms with Crippen LogP contribution in [0.25, 0.3) is 22.4 Å². The van der Waals surface area contributed by atoms with Gasteiger partial charge in [0.05, 0.1) is 22.3 Å². The number of hydrogen-bond acceptors (Lipinski definition) is 6. The summed E-state index contributed by atoms with van der Waals surface area (Å²) in [6.45, 7) is 9.05. The Hall–Kier alpha value is -1.96. The van der Waals surface area contributed by atoms with E-state index in [1.165, 1.54) is 9.75 Å². The van der Waals surface area contributed by atoms with Crippen molar-refractivity contribution in [3.05, 3.63) is 33.1 Å². The molecule has 1 fully saturated rings. The first-order valence-corrected chi connectivity index (χ1v) is 9.20. The summed E-state index contributed by atoms with van der Waals surface area (Å²) < 4.78 is 5.39. The molecule has 3 aromatic rings. The Kier molecular flexibility index (Phi) is 5.32. The molecule has 4 rings (SSSR count). The van der Waals surface area contributed by atoms with Gasteiger partial charge in [0.25, 0.3) is 11.6 Å². The van der Waals surface area contributed by atoms with E-state index in [0.29, 0.717) is 30.1 Å². The lowest BCUT2D eigenvalue weighted by atomic mass is 10.0. The Bertz CT molecular complexity index is 960. The first-order valence-electron chi connectivity index (χ1n) is 8.39. The van der Waals surface area contributed by atoms with Gasteiger partial charge in [0.15, 0.2) is 0 Å². The van der Waals surface area contributed by atoms with Crippen LogP contribution in [0.3, 0.4) is 0 Å². The number of carbonyl (C=O) groups is 1. The zero-order chi connectivity index (χ0) is 17.6. The molecule has 0 aliphatic carbocycles. The van der Waals surface area contributed by atoms with E-state index < -0.39 is 0 Å². The van der Waals surface area contributed by atoms with Gasteiger partial charge in [-0.3, -0.25) is 4.79 Å². The maximum absolute atomic E-state index is 13.1. The molecule has 1 amide bonds. The summed E-state index contributed by atoms with van der Waals surface area (Å²) in [5.74, 6) is 0.0195. The van der Waals surface area contributed by atoms with E-state index in [0.717, 1.165) is 29.7 Å². The van der Waals surface area contributed by atoms with Crippen LogP contribution in [0, 0.1) is 20.8 Å². The summed E-state index contributed by atoms with van der Waals surface area (Å²) in [7, 11) is 0. The molecule has 1 N–H and O–H groups in total. The predicted molar refractivity (Wildman–Crippen MR) is 105 cm³/mol. The number of rotatable bonds is 2. The molecule has 0 radical (unpaired) electrons. The molecule has 8 heteroatoms. The van der Waals surface area contributed by atoms with Gasteiger partial charge in [-0.15, -0.1) is 23.7 Å². The summed E-state index contributed by atoms with van der Waals surface area (Å²) in [6, 6.07) is 4.00. The molecule has 3 aromatic heterocycles. The summed E-state index contributed by atoms with van der Waals surface area (Å²) in [4.78, 5) is 22.0. The first-order chi connectivity index (χ1) is 12.0. The minimum atomic E-state index is 0. The van der Waals surface area contributed by atoms with E-state index in [1.807, 2.05) is 17.9 Å². The number of carbonyl (C=O) groups excluding carboxylic acids is 1. The first kappa shape index (κ1) is 18.8. The van der Waals surface area contributed by atoms with Gasteiger partial charge in [-0.05, 0) is 32.9 Å². The highest BCUT2D eigenvalue weighted by Gasteiger charge is 2.25. The summed E-state index contributed by atoms with van der Waals surface area (Å²) in [5.41, 5.74) is 3.57. The van der Waals surface area contributed by atoms with Crippen molar-refractivity contribution < 1.29 is 9.32 Å². The second kappa shape index (κ2) is 7.34. The average molecular weight is 393 g/mol. The molecule has 0 atom stereocenters. The number of aromatic nitrogens is 2. The van der Waals surface area contributed by atoms with E-state index in [4.69, 9.17) is 4.52 Å². The van der Waals surface area contributed by atoms with Gasteiger partial charge in [-0.25, -0.2) is 4.98 Å². The highest BCUT2D eigenvalue weighted by atomic mass is 35.5. The van der Waals surface area contributed by atoms with Crippen molar-refractivity contribution in [3.8, 4) is 11.3 Å². The zero-order valence-electron chi connectivity index (χ0n) is 15.0. The largest absolute Gasteiger partial charge is 0.336 e. The molecule has 4 heterocycles. The van der Waals surface area contributed by atoms with Gasteiger partial charge in [0.1, 0.15) is 0 Å². The monoisotopic (exact) mass is 392 g/mol. The van der Waals surface area contributed by atoms with Crippen molar-refractivity contribution in [2.24, 2.45) is 0 Å². The second-order valence-electron chi connectivity index (χ2n) is 6.37. The quantitative estimate of drug-likeness (QED) is 0.724. The van der Waals surface area contributed by atoms with Crippen LogP contribution in [0.15, 0.2) is 16.7 Å². The molecule has 0 aromatic carbocycles. The van der Waals surface area contributed by atoms with Crippen molar-refractivity contribution in [1.82, 2.24) is 20.4 Å². The molecule has 0 spiro atoms. The van der Waals surface area contributed by atoms with Crippen LogP contribution >= 0.6 is 23.7 Å². The van der Waals surface area contributed by atoms with Gasteiger partial charge in [0, 0.05) is 41.5 Å². The Morgan fingerprint density at radius 3 is 2.62 bits per heavy atom. The molecule has 1 saturated heterocycles. The van der Waals surface area contributed by atoms with Crippen molar-refractivity contribution in [1.29, 1.82) is 0 Å². The lowest BCUT2D eigenvalue weighted by Gasteiger charge is -2.27. The Balaban J connectivity index is 0.00000196. The zero-order valence-corrected chi connectivity index (χ0v) is 16.6. The van der Waals surface area contributed by atoms with Crippen molar-refractivity contribution in [2.75, 3.05) is 26.2 Å². The van der Waals surface area contributed by atoms with Crippen LogP contribution in [0.2, 0.25) is 0 Å². The van der Waals surface area contributed by atoms with E-state index >= 15 is 0 Å². The van der Waals surface area contributed by atoms with Gasteiger partial charge in [0.2, 0.25) is 0 Å². The number of nitrogens with one attached hydrogen (secondary N) is 1. The highest BCUT2D eigenvalue weighted by Crippen LogP contribution is 2.33. The lowest BCUT2D eigenvalue weighted by Crippen LogP contribution is -2.46. The van der Waals surface area contributed by atoms with Crippen molar-refractivity contribution in [3.63, 3.8) is 0 Å². The molecular weight excluding hydrogens is 372 g/mol. The fraction of sp³-hybridized carbons (Fsp3) is 0.389. The van der Waals surface area contributed by atoms with Gasteiger partial charge < -0.3 is 14.7 Å². The van der Waals surface area contributed by atoms with Crippen LogP contribution < -0.4 is 5.32 Å². The lowest BCUT2D eigenvalue weighted by molar-refractivity contribution is 0.0737. The molecule has 6 nitrogen and oxygen atoms in total. The molecule has 1 aliphatic rings. The molecule has 0 saturated carbocycles. The molecule has 0 unspecified atom stereocenters. The SMILES string of the molecule is Cc1cc(-c2cc(C(=O)N3CCNCC3)c3c(C)noc3n2)c(C)s1.Cl.